The van der Waals surface area contributed by atoms with E-state index in [1.165, 1.54) is 0 Å². The molecular formula is C12H22N2O. The number of carbonyl (C=O) groups is 1. The van der Waals surface area contributed by atoms with Crippen LogP contribution < -0.4 is 5.32 Å². The third-order valence-corrected chi connectivity index (χ3v) is 2.63. The lowest BCUT2D eigenvalue weighted by Crippen LogP contribution is -2.44. The van der Waals surface area contributed by atoms with Crippen LogP contribution >= 0.6 is 0 Å². The van der Waals surface area contributed by atoms with Crippen LogP contribution in [0.3, 0.4) is 0 Å². The molecule has 0 bridgehead atoms. The molecule has 86 valence electrons. The molecule has 0 rings (SSSR count). The van der Waals surface area contributed by atoms with Crippen molar-refractivity contribution >= 4 is 12.6 Å². The number of nitrogens with zero attached hydrogens (tertiary/aromatic N) is 1. The molecule has 0 aliphatic heterocycles. The van der Waals surface area contributed by atoms with Crippen molar-refractivity contribution in [3.63, 3.8) is 0 Å². The lowest BCUT2D eigenvalue weighted by atomic mass is 10.00. The van der Waals surface area contributed by atoms with Crippen LogP contribution in [-0.2, 0) is 4.79 Å². The molecule has 0 aromatic rings. The zero-order valence-corrected chi connectivity index (χ0v) is 10.4. The van der Waals surface area contributed by atoms with Gasteiger partial charge < -0.3 is 5.32 Å². The van der Waals surface area contributed by atoms with E-state index in [-0.39, 0.29) is 17.5 Å². The van der Waals surface area contributed by atoms with E-state index in [2.05, 4.69) is 17.0 Å². The quantitative estimate of drug-likeness (QED) is 0.549. The van der Waals surface area contributed by atoms with Gasteiger partial charge in [0.25, 0.3) is 0 Å². The Kier molecular flexibility index (Phi) is 5.26. The van der Waals surface area contributed by atoms with Crippen molar-refractivity contribution in [1.82, 2.24) is 5.32 Å². The Bertz CT molecular complexity index is 267. The molecule has 0 aliphatic rings. The molecule has 3 heteroatoms. The average Bonchev–Trinajstić information content (AvgIpc) is 2.17. The summed E-state index contributed by atoms with van der Waals surface area (Å²) in [5.74, 6) is -0.0516. The Morgan fingerprint density at radius 2 is 2.13 bits per heavy atom. The highest BCUT2D eigenvalue weighted by atomic mass is 16.1. The first kappa shape index (κ1) is 13.9. The summed E-state index contributed by atoms with van der Waals surface area (Å²) < 4.78 is 0. The van der Waals surface area contributed by atoms with E-state index in [0.717, 1.165) is 6.42 Å². The first-order valence-electron chi connectivity index (χ1n) is 5.32. The average molecular weight is 210 g/mol. The van der Waals surface area contributed by atoms with Crippen LogP contribution in [0.25, 0.3) is 0 Å². The summed E-state index contributed by atoms with van der Waals surface area (Å²) in [5.41, 5.74) is 0.498. The van der Waals surface area contributed by atoms with E-state index in [1.807, 2.05) is 34.6 Å². The standard InChI is InChI=1S/C12H22N2O/c1-7-10(9(3)13-6)11(15)14-12(4,5)8-2/h7,9H,6,8H2,1-5H3,(H,14,15). The molecule has 1 atom stereocenters. The van der Waals surface area contributed by atoms with Gasteiger partial charge in [0.15, 0.2) is 0 Å². The Balaban J connectivity index is 4.63. The van der Waals surface area contributed by atoms with Crippen LogP contribution in [0.2, 0.25) is 0 Å². The molecule has 0 spiro atoms. The lowest BCUT2D eigenvalue weighted by molar-refractivity contribution is -0.119. The van der Waals surface area contributed by atoms with Gasteiger partial charge >= 0.3 is 0 Å². The van der Waals surface area contributed by atoms with Gasteiger partial charge in [-0.1, -0.05) is 13.0 Å². The van der Waals surface area contributed by atoms with Crippen molar-refractivity contribution in [3.8, 4) is 0 Å². The van der Waals surface area contributed by atoms with E-state index in [1.54, 1.807) is 6.08 Å². The van der Waals surface area contributed by atoms with Crippen LogP contribution in [0, 0.1) is 0 Å². The van der Waals surface area contributed by atoms with E-state index in [0.29, 0.717) is 5.57 Å². The van der Waals surface area contributed by atoms with Gasteiger partial charge in [-0.25, -0.2) is 0 Å². The molecule has 0 aromatic heterocycles. The molecule has 0 fully saturated rings. The highest BCUT2D eigenvalue weighted by molar-refractivity contribution is 5.95. The van der Waals surface area contributed by atoms with Gasteiger partial charge in [-0.15, -0.1) is 0 Å². The number of amides is 1. The number of carbonyl (C=O) groups excluding carboxylic acids is 1. The number of hydrogen-bond donors (Lipinski definition) is 1. The summed E-state index contributed by atoms with van der Waals surface area (Å²) in [6, 6.07) is -0.150. The maximum absolute atomic E-state index is 11.9. The molecule has 15 heavy (non-hydrogen) atoms. The third kappa shape index (κ3) is 4.28. The normalized spacial score (nSPS) is 14.6. The Morgan fingerprint density at radius 1 is 1.60 bits per heavy atom. The second kappa shape index (κ2) is 5.69. The number of aliphatic imine (C=N–C) groups is 1. The van der Waals surface area contributed by atoms with E-state index in [9.17, 15) is 4.79 Å². The number of rotatable bonds is 5. The predicted molar refractivity (Wildman–Crippen MR) is 65.3 cm³/mol. The van der Waals surface area contributed by atoms with Gasteiger partial charge in [-0.05, 0) is 40.8 Å². The Hall–Kier alpha value is -1.12. The minimum Gasteiger partial charge on any atom is -0.347 e. The molecule has 1 amide bonds. The molecule has 0 aromatic carbocycles. The minimum atomic E-state index is -0.174. The maximum Gasteiger partial charge on any atom is 0.249 e. The zero-order valence-electron chi connectivity index (χ0n) is 10.4. The zero-order chi connectivity index (χ0) is 12.1. The molecule has 0 radical (unpaired) electrons. The van der Waals surface area contributed by atoms with Gasteiger partial charge in [0.05, 0.1) is 6.04 Å². The summed E-state index contributed by atoms with van der Waals surface area (Å²) in [6.45, 7) is 13.2. The van der Waals surface area contributed by atoms with Crippen LogP contribution in [0.5, 0.6) is 0 Å². The maximum atomic E-state index is 11.9. The fourth-order valence-corrected chi connectivity index (χ4v) is 1.13. The summed E-state index contributed by atoms with van der Waals surface area (Å²) in [7, 11) is 0. The molecule has 0 heterocycles. The molecule has 3 nitrogen and oxygen atoms in total. The number of hydrogen-bond acceptors (Lipinski definition) is 2. The number of nitrogens with one attached hydrogen (secondary N) is 1. The summed E-state index contributed by atoms with van der Waals surface area (Å²) in [4.78, 5) is 15.7. The van der Waals surface area contributed by atoms with E-state index in [4.69, 9.17) is 0 Å². The highest BCUT2D eigenvalue weighted by Gasteiger charge is 2.22. The van der Waals surface area contributed by atoms with Crippen molar-refractivity contribution in [2.45, 2.75) is 52.6 Å². The first-order valence-corrected chi connectivity index (χ1v) is 5.32. The summed E-state index contributed by atoms with van der Waals surface area (Å²) >= 11 is 0. The van der Waals surface area contributed by atoms with Crippen molar-refractivity contribution < 1.29 is 4.79 Å². The van der Waals surface area contributed by atoms with Crippen molar-refractivity contribution in [3.05, 3.63) is 11.6 Å². The SMILES string of the molecule is C=NC(C)C(=CC)C(=O)NC(C)(C)CC. The molecule has 0 saturated heterocycles. The largest absolute Gasteiger partial charge is 0.347 e. The topological polar surface area (TPSA) is 41.5 Å². The van der Waals surface area contributed by atoms with Gasteiger partial charge in [0.2, 0.25) is 5.91 Å². The van der Waals surface area contributed by atoms with Crippen molar-refractivity contribution in [2.75, 3.05) is 0 Å². The van der Waals surface area contributed by atoms with Gasteiger partial charge in [-0.3, -0.25) is 9.79 Å². The summed E-state index contributed by atoms with van der Waals surface area (Å²) in [5, 5.41) is 2.98. The minimum absolute atomic E-state index is 0.0516. The fourth-order valence-electron chi connectivity index (χ4n) is 1.13. The van der Waals surface area contributed by atoms with Crippen LogP contribution in [0.15, 0.2) is 16.6 Å². The monoisotopic (exact) mass is 210 g/mol. The lowest BCUT2D eigenvalue weighted by Gasteiger charge is -2.25. The van der Waals surface area contributed by atoms with Crippen molar-refractivity contribution in [1.29, 1.82) is 0 Å². The predicted octanol–water partition coefficient (Wildman–Crippen LogP) is 2.33. The molecule has 1 N–H and O–H groups in total. The molecule has 0 saturated carbocycles. The van der Waals surface area contributed by atoms with E-state index < -0.39 is 0 Å². The highest BCUT2D eigenvalue weighted by Crippen LogP contribution is 2.11. The van der Waals surface area contributed by atoms with Gasteiger partial charge in [0.1, 0.15) is 0 Å². The summed E-state index contributed by atoms with van der Waals surface area (Å²) in [6.07, 6.45) is 2.69. The fraction of sp³-hybridized carbons (Fsp3) is 0.667. The second-order valence-corrected chi connectivity index (χ2v) is 4.29. The third-order valence-electron chi connectivity index (χ3n) is 2.63. The van der Waals surface area contributed by atoms with Crippen LogP contribution in [0.4, 0.5) is 0 Å². The van der Waals surface area contributed by atoms with Crippen LogP contribution in [-0.4, -0.2) is 24.2 Å². The molecule has 0 aliphatic carbocycles. The molecular weight excluding hydrogens is 188 g/mol. The Morgan fingerprint density at radius 3 is 2.47 bits per heavy atom. The Labute approximate surface area is 92.7 Å². The van der Waals surface area contributed by atoms with Gasteiger partial charge in [-0.2, -0.15) is 0 Å². The van der Waals surface area contributed by atoms with Crippen LogP contribution in [0.1, 0.15) is 41.0 Å². The first-order chi connectivity index (χ1) is 6.87. The van der Waals surface area contributed by atoms with Crippen molar-refractivity contribution in [2.24, 2.45) is 4.99 Å². The van der Waals surface area contributed by atoms with Gasteiger partial charge in [0, 0.05) is 11.1 Å². The molecule has 1 unspecified atom stereocenters. The second-order valence-electron chi connectivity index (χ2n) is 4.29. The number of allylic oxidation sites excluding steroid dienone is 1. The smallest absolute Gasteiger partial charge is 0.249 e. The van der Waals surface area contributed by atoms with E-state index >= 15 is 0 Å².